The molecule has 7 heteroatoms. The quantitative estimate of drug-likeness (QED) is 0.160. The number of carbonyl (C=O) groups excluding carboxylic acids is 1. The zero-order chi connectivity index (χ0) is 28.9. The number of hydrogen-bond acceptors (Lipinski definition) is 4. The Balaban J connectivity index is 1.30. The van der Waals surface area contributed by atoms with Gasteiger partial charge in [0.1, 0.15) is 5.82 Å². The summed E-state index contributed by atoms with van der Waals surface area (Å²) in [5, 5.41) is 14.3. The highest BCUT2D eigenvalue weighted by Crippen LogP contribution is 2.32. The van der Waals surface area contributed by atoms with Crippen molar-refractivity contribution in [1.82, 2.24) is 9.88 Å². The molecule has 0 spiro atoms. The number of nitrogens with one attached hydrogen (secondary N) is 2. The molecule has 0 aliphatic carbocycles. The minimum Gasteiger partial charge on any atom is -0.494 e. The summed E-state index contributed by atoms with van der Waals surface area (Å²) in [6.07, 6.45) is 2.52. The fourth-order valence-electron chi connectivity index (χ4n) is 5.21. The van der Waals surface area contributed by atoms with Crippen LogP contribution in [-0.2, 0) is 11.3 Å². The van der Waals surface area contributed by atoms with Gasteiger partial charge in [-0.15, -0.1) is 0 Å². The number of aliphatic imine (C=N–C) groups is 1. The molecule has 0 saturated carbocycles. The van der Waals surface area contributed by atoms with Crippen molar-refractivity contribution in [3.63, 3.8) is 0 Å². The van der Waals surface area contributed by atoms with Crippen molar-refractivity contribution in [3.8, 4) is 17.7 Å². The fraction of sp³-hybridized carbons (Fsp3) is 0.143. The number of para-hydroxylation sites is 1. The van der Waals surface area contributed by atoms with Crippen molar-refractivity contribution >= 4 is 33.9 Å². The van der Waals surface area contributed by atoms with Crippen LogP contribution in [0.4, 0.5) is 15.8 Å². The highest BCUT2D eigenvalue weighted by molar-refractivity contribution is 6.22. The number of hydrogen-bond donors (Lipinski definition) is 3. The lowest BCUT2D eigenvalue weighted by atomic mass is 10.00. The number of aromatic hydroxyl groups is 1. The zero-order valence-corrected chi connectivity index (χ0v) is 22.9. The van der Waals surface area contributed by atoms with Gasteiger partial charge in [0, 0.05) is 29.0 Å². The average molecular weight is 557 g/mol. The molecule has 1 aliphatic rings. The summed E-state index contributed by atoms with van der Waals surface area (Å²) < 4.78 is 13.8. The van der Waals surface area contributed by atoms with E-state index in [0.717, 1.165) is 36.3 Å². The lowest BCUT2D eigenvalue weighted by Gasteiger charge is -2.14. The molecule has 1 aromatic heterocycles. The summed E-state index contributed by atoms with van der Waals surface area (Å²) in [5.74, 6) is 4.15. The van der Waals surface area contributed by atoms with Crippen LogP contribution < -0.4 is 5.32 Å². The molecule has 6 rings (SSSR count). The van der Waals surface area contributed by atoms with Gasteiger partial charge in [-0.25, -0.2) is 9.38 Å². The number of halogens is 1. The number of nitrogens with zero attached hydrogens (tertiary/aromatic N) is 2. The minimum atomic E-state index is -0.625. The van der Waals surface area contributed by atoms with E-state index in [4.69, 9.17) is 4.99 Å². The Morgan fingerprint density at radius 1 is 0.952 bits per heavy atom. The van der Waals surface area contributed by atoms with E-state index in [1.165, 1.54) is 30.5 Å². The van der Waals surface area contributed by atoms with Crippen LogP contribution in [0.5, 0.6) is 5.88 Å². The maximum atomic E-state index is 13.8. The molecule has 42 heavy (non-hydrogen) atoms. The van der Waals surface area contributed by atoms with E-state index in [2.05, 4.69) is 39.2 Å². The maximum Gasteiger partial charge on any atom is 0.300 e. The normalized spacial score (nSPS) is 13.6. The highest BCUT2D eigenvalue weighted by Gasteiger charge is 2.19. The molecule has 1 saturated heterocycles. The van der Waals surface area contributed by atoms with Crippen molar-refractivity contribution in [1.29, 1.82) is 0 Å². The topological polar surface area (TPSA) is 80.7 Å². The van der Waals surface area contributed by atoms with Gasteiger partial charge in [-0.1, -0.05) is 66.6 Å². The third-order valence-corrected chi connectivity index (χ3v) is 7.29. The first-order valence-electron chi connectivity index (χ1n) is 13.9. The molecule has 4 aromatic carbocycles. The first-order chi connectivity index (χ1) is 20.5. The highest BCUT2D eigenvalue weighted by atomic mass is 19.1. The Bertz CT molecular complexity index is 1830. The number of fused-ring (bicyclic) bond motifs is 1. The van der Waals surface area contributed by atoms with Crippen LogP contribution in [0, 0.1) is 17.7 Å². The number of aromatic amines is 1. The number of H-pyrrole nitrogens is 1. The Morgan fingerprint density at radius 3 is 2.45 bits per heavy atom. The van der Waals surface area contributed by atoms with E-state index in [1.807, 2.05) is 48.5 Å². The van der Waals surface area contributed by atoms with E-state index < -0.39 is 11.7 Å². The zero-order valence-electron chi connectivity index (χ0n) is 22.9. The predicted octanol–water partition coefficient (Wildman–Crippen LogP) is 6.77. The summed E-state index contributed by atoms with van der Waals surface area (Å²) in [6, 6.07) is 29.3. The van der Waals surface area contributed by atoms with E-state index in [0.29, 0.717) is 22.4 Å². The number of likely N-dealkylation sites (tertiary alicyclic amines) is 1. The molecule has 6 nitrogen and oxygen atoms in total. The average Bonchev–Trinajstić information content (AvgIpc) is 3.64. The minimum absolute atomic E-state index is 0.0133. The summed E-state index contributed by atoms with van der Waals surface area (Å²) in [7, 11) is 0. The first-order valence-corrected chi connectivity index (χ1v) is 13.9. The molecule has 1 fully saturated rings. The lowest BCUT2D eigenvalue weighted by Crippen LogP contribution is -2.18. The van der Waals surface area contributed by atoms with Gasteiger partial charge >= 0.3 is 5.91 Å². The molecule has 1 amide bonds. The molecule has 208 valence electrons. The molecule has 0 unspecified atom stereocenters. The monoisotopic (exact) mass is 556 g/mol. The van der Waals surface area contributed by atoms with Crippen LogP contribution in [0.15, 0.2) is 102 Å². The molecule has 5 aromatic rings. The van der Waals surface area contributed by atoms with Gasteiger partial charge in [0.15, 0.2) is 5.88 Å². The number of rotatable bonds is 6. The third-order valence-electron chi connectivity index (χ3n) is 7.29. The van der Waals surface area contributed by atoms with E-state index in [9.17, 15) is 14.3 Å². The van der Waals surface area contributed by atoms with Crippen molar-refractivity contribution in [3.05, 3.63) is 125 Å². The van der Waals surface area contributed by atoms with Crippen molar-refractivity contribution in [2.24, 2.45) is 4.99 Å². The van der Waals surface area contributed by atoms with Crippen LogP contribution in [0.25, 0.3) is 10.9 Å². The van der Waals surface area contributed by atoms with Gasteiger partial charge in [-0.3, -0.25) is 9.69 Å². The van der Waals surface area contributed by atoms with Crippen molar-refractivity contribution < 1.29 is 14.3 Å². The number of anilines is 1. The number of benzene rings is 4. The van der Waals surface area contributed by atoms with Gasteiger partial charge in [-0.05, 0) is 67.9 Å². The molecular formula is C35H29FN4O2. The second-order valence-corrected chi connectivity index (χ2v) is 10.3. The third kappa shape index (κ3) is 6.09. The molecule has 0 bridgehead atoms. The van der Waals surface area contributed by atoms with E-state index in [1.54, 1.807) is 24.3 Å². The summed E-state index contributed by atoms with van der Waals surface area (Å²) >= 11 is 0. The van der Waals surface area contributed by atoms with Crippen molar-refractivity contribution in [2.45, 2.75) is 19.4 Å². The summed E-state index contributed by atoms with van der Waals surface area (Å²) in [5.41, 5.74) is 5.39. The van der Waals surface area contributed by atoms with Crippen LogP contribution in [-0.4, -0.2) is 39.7 Å². The molecule has 2 heterocycles. The maximum absolute atomic E-state index is 13.8. The summed E-state index contributed by atoms with van der Waals surface area (Å²) in [4.78, 5) is 22.8. The van der Waals surface area contributed by atoms with Crippen LogP contribution in [0.1, 0.15) is 35.1 Å². The van der Waals surface area contributed by atoms with Gasteiger partial charge in [0.05, 0.1) is 28.2 Å². The Hall–Kier alpha value is -5.19. The Kier molecular flexibility index (Phi) is 7.80. The van der Waals surface area contributed by atoms with E-state index in [-0.39, 0.29) is 11.6 Å². The first kappa shape index (κ1) is 27.0. The van der Waals surface area contributed by atoms with Crippen LogP contribution >= 0.6 is 0 Å². The van der Waals surface area contributed by atoms with Gasteiger partial charge in [-0.2, -0.15) is 0 Å². The second kappa shape index (κ2) is 12.1. The number of aromatic nitrogens is 1. The lowest BCUT2D eigenvalue weighted by molar-refractivity contribution is -0.111. The summed E-state index contributed by atoms with van der Waals surface area (Å²) in [6.45, 7) is 3.23. The second-order valence-electron chi connectivity index (χ2n) is 10.3. The molecule has 3 N–H and O–H groups in total. The van der Waals surface area contributed by atoms with Crippen LogP contribution in [0.3, 0.4) is 0 Å². The predicted molar refractivity (Wildman–Crippen MR) is 165 cm³/mol. The smallest absolute Gasteiger partial charge is 0.300 e. The van der Waals surface area contributed by atoms with Gasteiger partial charge in [0.25, 0.3) is 0 Å². The van der Waals surface area contributed by atoms with Crippen LogP contribution in [0.2, 0.25) is 0 Å². The van der Waals surface area contributed by atoms with Gasteiger partial charge in [0.2, 0.25) is 0 Å². The number of carbonyl (C=O) groups is 1. The molecule has 0 atom stereocenters. The SMILES string of the molecule is O=C(C#Cc1ccc2c(C(=Nc3ccc(CN4CCCC4)cc3)c3ccccc3)c(O)[nH]c2c1)Nc1ccccc1F. The van der Waals surface area contributed by atoms with Crippen molar-refractivity contribution in [2.75, 3.05) is 18.4 Å². The fourth-order valence-corrected chi connectivity index (χ4v) is 5.21. The van der Waals surface area contributed by atoms with E-state index >= 15 is 0 Å². The Morgan fingerprint density at radius 2 is 1.69 bits per heavy atom. The standard InChI is InChI=1S/C35H29FN4O2/c36-29-10-4-5-11-30(29)38-32(41)19-15-24-14-18-28-31(22-24)39-35(42)33(28)34(26-8-2-1-3-9-26)37-27-16-12-25(13-17-27)23-40-20-6-7-21-40/h1-5,8-14,16-18,22,39,42H,6-7,20-21,23H2,(H,38,41). The largest absolute Gasteiger partial charge is 0.494 e. The molecular weight excluding hydrogens is 527 g/mol. The molecule has 0 radical (unpaired) electrons. The number of amides is 1. The van der Waals surface area contributed by atoms with Gasteiger partial charge < -0.3 is 15.4 Å². The molecule has 1 aliphatic heterocycles. The Labute approximate surface area is 243 Å².